The Hall–Kier alpha value is -2.41. The lowest BCUT2D eigenvalue weighted by molar-refractivity contribution is -0.123. The average Bonchev–Trinajstić information content (AvgIpc) is 2.96. The van der Waals surface area contributed by atoms with Crippen LogP contribution in [0, 0.1) is 0 Å². The van der Waals surface area contributed by atoms with Gasteiger partial charge in [0, 0.05) is 11.1 Å². The molecule has 2 N–H and O–H groups in total. The van der Waals surface area contributed by atoms with E-state index in [0.29, 0.717) is 6.54 Å². The highest BCUT2D eigenvalue weighted by Crippen LogP contribution is 2.14. The zero-order valence-corrected chi connectivity index (χ0v) is 11.2. The van der Waals surface area contributed by atoms with Gasteiger partial charge in [-0.3, -0.25) is 4.79 Å². The van der Waals surface area contributed by atoms with Crippen LogP contribution in [0.25, 0.3) is 0 Å². The Morgan fingerprint density at radius 2 is 2.20 bits per heavy atom. The maximum Gasteiger partial charge on any atom is 0.358 e. The number of hydrogen-bond donors (Lipinski definition) is 2. The molecule has 1 amide bonds. The third kappa shape index (κ3) is 3.79. The van der Waals surface area contributed by atoms with Crippen molar-refractivity contribution in [2.45, 2.75) is 6.54 Å². The van der Waals surface area contributed by atoms with Gasteiger partial charge in [-0.15, -0.1) is 11.3 Å². The van der Waals surface area contributed by atoms with E-state index in [4.69, 9.17) is 9.84 Å². The largest absolute Gasteiger partial charge is 0.481 e. The smallest absolute Gasteiger partial charge is 0.358 e. The lowest BCUT2D eigenvalue weighted by atomic mass is 10.3. The maximum absolute atomic E-state index is 11.6. The van der Waals surface area contributed by atoms with Crippen LogP contribution in [0.5, 0.6) is 5.75 Å². The Morgan fingerprint density at radius 1 is 1.35 bits per heavy atom. The van der Waals surface area contributed by atoms with Crippen LogP contribution < -0.4 is 10.1 Å². The summed E-state index contributed by atoms with van der Waals surface area (Å²) in [6.45, 7) is 0.177. The van der Waals surface area contributed by atoms with Crippen LogP contribution in [0.4, 0.5) is 0 Å². The van der Waals surface area contributed by atoms with Crippen LogP contribution >= 0.6 is 11.3 Å². The monoisotopic (exact) mass is 292 g/mol. The van der Waals surface area contributed by atoms with E-state index in [1.807, 2.05) is 17.5 Å². The van der Waals surface area contributed by atoms with Gasteiger partial charge in [0.25, 0.3) is 5.91 Å². The first-order valence-corrected chi connectivity index (χ1v) is 6.65. The average molecular weight is 292 g/mol. The standard InChI is InChI=1S/C13H12N2O4S/c16-11(15-7-9-3-2-6-20-9)8-19-10-4-1-5-14-12(10)13(17)18/h1-6H,7-8H2,(H,15,16)(H,17,18). The number of ether oxygens (including phenoxy) is 1. The van der Waals surface area contributed by atoms with Gasteiger partial charge in [-0.05, 0) is 23.6 Å². The second-order valence-corrected chi connectivity index (χ2v) is 4.83. The van der Waals surface area contributed by atoms with Gasteiger partial charge < -0.3 is 15.2 Å². The first-order chi connectivity index (χ1) is 9.66. The number of thiophene rings is 1. The number of carboxylic acids is 1. The highest BCUT2D eigenvalue weighted by atomic mass is 32.1. The second kappa shape index (κ2) is 6.67. The van der Waals surface area contributed by atoms with E-state index in [1.165, 1.54) is 12.3 Å². The van der Waals surface area contributed by atoms with Crippen LogP contribution in [0.1, 0.15) is 15.4 Å². The summed E-state index contributed by atoms with van der Waals surface area (Å²) in [5.41, 5.74) is -0.210. The fourth-order valence-corrected chi connectivity index (χ4v) is 2.11. The number of pyridine rings is 1. The van der Waals surface area contributed by atoms with Crippen molar-refractivity contribution in [1.82, 2.24) is 10.3 Å². The lowest BCUT2D eigenvalue weighted by Crippen LogP contribution is -2.28. The number of rotatable bonds is 6. The van der Waals surface area contributed by atoms with Gasteiger partial charge in [0.15, 0.2) is 18.1 Å². The molecule has 0 radical (unpaired) electrons. The summed E-state index contributed by atoms with van der Waals surface area (Å²) in [4.78, 5) is 27.2. The number of aromatic nitrogens is 1. The normalized spacial score (nSPS) is 10.0. The van der Waals surface area contributed by atoms with Crippen LogP contribution in [0.15, 0.2) is 35.8 Å². The van der Waals surface area contributed by atoms with E-state index in [-0.39, 0.29) is 24.0 Å². The van der Waals surface area contributed by atoms with Crippen molar-refractivity contribution in [2.24, 2.45) is 0 Å². The van der Waals surface area contributed by atoms with Crippen molar-refractivity contribution < 1.29 is 19.4 Å². The molecule has 0 saturated heterocycles. The Kier molecular flexibility index (Phi) is 4.67. The van der Waals surface area contributed by atoms with E-state index in [1.54, 1.807) is 17.4 Å². The molecule has 20 heavy (non-hydrogen) atoms. The van der Waals surface area contributed by atoms with Crippen molar-refractivity contribution in [3.05, 3.63) is 46.4 Å². The number of nitrogens with zero attached hydrogens (tertiary/aromatic N) is 1. The maximum atomic E-state index is 11.6. The van der Waals surface area contributed by atoms with Crippen LogP contribution in [0.3, 0.4) is 0 Å². The van der Waals surface area contributed by atoms with E-state index in [9.17, 15) is 9.59 Å². The first kappa shape index (κ1) is 14.0. The van der Waals surface area contributed by atoms with Gasteiger partial charge in [0.1, 0.15) is 0 Å². The Bertz CT molecular complexity index is 598. The van der Waals surface area contributed by atoms with Crippen molar-refractivity contribution in [3.8, 4) is 5.75 Å². The number of nitrogens with one attached hydrogen (secondary N) is 1. The fraction of sp³-hybridized carbons (Fsp3) is 0.154. The molecule has 0 spiro atoms. The molecular formula is C13H12N2O4S. The topological polar surface area (TPSA) is 88.5 Å². The van der Waals surface area contributed by atoms with Crippen molar-refractivity contribution >= 4 is 23.2 Å². The van der Waals surface area contributed by atoms with Crippen molar-refractivity contribution in [1.29, 1.82) is 0 Å². The fourth-order valence-electron chi connectivity index (χ4n) is 1.46. The second-order valence-electron chi connectivity index (χ2n) is 3.80. The number of aromatic carboxylic acids is 1. The van der Waals surface area contributed by atoms with Gasteiger partial charge in [0.05, 0.1) is 6.54 Å². The predicted molar refractivity (Wildman–Crippen MR) is 72.9 cm³/mol. The highest BCUT2D eigenvalue weighted by molar-refractivity contribution is 7.09. The molecule has 7 heteroatoms. The summed E-state index contributed by atoms with van der Waals surface area (Å²) in [7, 11) is 0. The number of amides is 1. The van der Waals surface area contributed by atoms with Crippen LogP contribution in [-0.2, 0) is 11.3 Å². The Morgan fingerprint density at radius 3 is 2.90 bits per heavy atom. The quantitative estimate of drug-likeness (QED) is 0.843. The molecule has 0 aliphatic rings. The lowest BCUT2D eigenvalue weighted by Gasteiger charge is -2.08. The summed E-state index contributed by atoms with van der Waals surface area (Å²) in [5.74, 6) is -1.44. The molecule has 2 rings (SSSR count). The predicted octanol–water partition coefficient (Wildman–Crippen LogP) is 1.54. The van der Waals surface area contributed by atoms with E-state index in [0.717, 1.165) is 4.88 Å². The summed E-state index contributed by atoms with van der Waals surface area (Å²) < 4.78 is 5.18. The zero-order chi connectivity index (χ0) is 14.4. The summed E-state index contributed by atoms with van der Waals surface area (Å²) >= 11 is 1.54. The van der Waals surface area contributed by atoms with Crippen LogP contribution in [-0.4, -0.2) is 28.6 Å². The molecular weight excluding hydrogens is 280 g/mol. The SMILES string of the molecule is O=C(COc1cccnc1C(=O)O)NCc1cccs1. The number of carboxylic acid groups (broad SMARTS) is 1. The molecule has 2 aromatic heterocycles. The van der Waals surface area contributed by atoms with Crippen molar-refractivity contribution in [2.75, 3.05) is 6.61 Å². The van der Waals surface area contributed by atoms with Gasteiger partial charge >= 0.3 is 5.97 Å². The van der Waals surface area contributed by atoms with Gasteiger partial charge in [-0.1, -0.05) is 6.07 Å². The minimum atomic E-state index is -1.19. The molecule has 0 unspecified atom stereocenters. The summed E-state index contributed by atoms with van der Waals surface area (Å²) in [6.07, 6.45) is 1.35. The zero-order valence-electron chi connectivity index (χ0n) is 10.4. The van der Waals surface area contributed by atoms with Gasteiger partial charge in [0.2, 0.25) is 0 Å². The molecule has 0 atom stereocenters. The van der Waals surface area contributed by atoms with Crippen molar-refractivity contribution in [3.63, 3.8) is 0 Å². The molecule has 0 aliphatic heterocycles. The molecule has 6 nitrogen and oxygen atoms in total. The van der Waals surface area contributed by atoms with E-state index >= 15 is 0 Å². The molecule has 0 fully saturated rings. The molecule has 0 saturated carbocycles. The Labute approximate surface area is 119 Å². The summed E-state index contributed by atoms with van der Waals surface area (Å²) in [5, 5.41) is 13.5. The number of carbonyl (C=O) groups is 2. The highest BCUT2D eigenvalue weighted by Gasteiger charge is 2.13. The Balaban J connectivity index is 1.85. The molecule has 0 bridgehead atoms. The van der Waals surface area contributed by atoms with E-state index in [2.05, 4.69) is 10.3 Å². The minimum absolute atomic E-state index is 0.0753. The first-order valence-electron chi connectivity index (χ1n) is 5.77. The third-order valence-electron chi connectivity index (χ3n) is 2.37. The number of hydrogen-bond acceptors (Lipinski definition) is 5. The third-order valence-corrected chi connectivity index (χ3v) is 3.25. The van der Waals surface area contributed by atoms with Gasteiger partial charge in [-0.25, -0.2) is 9.78 Å². The summed E-state index contributed by atoms with van der Waals surface area (Å²) in [6, 6.07) is 6.82. The van der Waals surface area contributed by atoms with Gasteiger partial charge in [-0.2, -0.15) is 0 Å². The number of carbonyl (C=O) groups excluding carboxylic acids is 1. The molecule has 2 aromatic rings. The minimum Gasteiger partial charge on any atom is -0.481 e. The van der Waals surface area contributed by atoms with Crippen LogP contribution in [0.2, 0.25) is 0 Å². The molecule has 2 heterocycles. The molecule has 0 aromatic carbocycles. The van der Waals surface area contributed by atoms with E-state index < -0.39 is 5.97 Å². The molecule has 0 aliphatic carbocycles. The molecule has 104 valence electrons.